The smallest absolute Gasteiger partial charge is 0.251 e. The average Bonchev–Trinajstić information content (AvgIpc) is 3.46. The highest BCUT2D eigenvalue weighted by Gasteiger charge is 2.36. The van der Waals surface area contributed by atoms with Gasteiger partial charge in [-0.25, -0.2) is 4.98 Å². The van der Waals surface area contributed by atoms with Gasteiger partial charge in [-0.1, -0.05) is 12.5 Å². The van der Waals surface area contributed by atoms with Crippen LogP contribution >= 0.6 is 0 Å². The first-order valence-corrected chi connectivity index (χ1v) is 15.0. The van der Waals surface area contributed by atoms with E-state index in [4.69, 9.17) is 9.15 Å². The van der Waals surface area contributed by atoms with Crippen LogP contribution in [0.4, 0.5) is 0 Å². The molecule has 1 aliphatic carbocycles. The molecule has 2 amide bonds. The number of carbonyl (C=O) groups is 2. The van der Waals surface area contributed by atoms with Gasteiger partial charge in [-0.2, -0.15) is 0 Å². The number of pyridine rings is 1. The van der Waals surface area contributed by atoms with Crippen LogP contribution in [0.15, 0.2) is 47.5 Å². The molecule has 3 aromatic rings. The number of hydrogen-bond donors (Lipinski definition) is 2. The first-order valence-electron chi connectivity index (χ1n) is 15.0. The Morgan fingerprint density at radius 3 is 2.86 bits per heavy atom. The van der Waals surface area contributed by atoms with E-state index < -0.39 is 6.10 Å². The summed E-state index contributed by atoms with van der Waals surface area (Å²) in [5.41, 5.74) is 5.05. The van der Waals surface area contributed by atoms with E-state index in [0.717, 1.165) is 68.9 Å². The van der Waals surface area contributed by atoms with Crippen molar-refractivity contribution in [1.82, 2.24) is 25.1 Å². The van der Waals surface area contributed by atoms with Gasteiger partial charge < -0.3 is 24.5 Å². The lowest BCUT2D eigenvalue weighted by atomic mass is 9.82. The molecule has 1 atom stereocenters. The van der Waals surface area contributed by atoms with Crippen molar-refractivity contribution < 1.29 is 23.8 Å². The number of nitrogens with zero attached hydrogens (tertiary/aromatic N) is 4. The maximum atomic E-state index is 12.8. The number of likely N-dealkylation sites (tertiary alicyclic amines) is 1. The van der Waals surface area contributed by atoms with Gasteiger partial charge >= 0.3 is 0 Å². The van der Waals surface area contributed by atoms with Gasteiger partial charge in [0.15, 0.2) is 12.2 Å². The molecule has 10 nitrogen and oxygen atoms in total. The van der Waals surface area contributed by atoms with Gasteiger partial charge in [0.25, 0.3) is 5.91 Å². The summed E-state index contributed by atoms with van der Waals surface area (Å²) >= 11 is 0. The zero-order valence-electron chi connectivity index (χ0n) is 24.1. The predicted molar refractivity (Wildman–Crippen MR) is 155 cm³/mol. The zero-order chi connectivity index (χ0) is 29.1. The molecule has 2 aromatic heterocycles. The van der Waals surface area contributed by atoms with Gasteiger partial charge in [0.2, 0.25) is 5.91 Å². The van der Waals surface area contributed by atoms with Crippen LogP contribution in [0.1, 0.15) is 57.8 Å². The molecule has 1 saturated heterocycles. The third-order valence-corrected chi connectivity index (χ3v) is 8.84. The highest BCUT2D eigenvalue weighted by molar-refractivity contribution is 5.94. The molecule has 6 rings (SSSR count). The molecule has 2 fully saturated rings. The Kier molecular flexibility index (Phi) is 8.53. The second-order valence-corrected chi connectivity index (χ2v) is 11.9. The molecule has 3 aliphatic rings. The number of aliphatic hydroxyl groups is 1. The van der Waals surface area contributed by atoms with Crippen molar-refractivity contribution in [2.24, 2.45) is 11.8 Å². The number of amides is 2. The highest BCUT2D eigenvalue weighted by Crippen LogP contribution is 2.32. The average molecular weight is 574 g/mol. The summed E-state index contributed by atoms with van der Waals surface area (Å²) in [5, 5.41) is 13.6. The Labute approximate surface area is 246 Å². The number of benzene rings is 1. The lowest BCUT2D eigenvalue weighted by Crippen LogP contribution is -2.53. The number of fused-ring (bicyclic) bond motifs is 1. The number of aromatic nitrogens is 2. The minimum Gasteiger partial charge on any atom is -0.485 e. The minimum atomic E-state index is -0.684. The Morgan fingerprint density at radius 2 is 2.10 bits per heavy atom. The fourth-order valence-electron chi connectivity index (χ4n) is 6.15. The molecule has 0 bridgehead atoms. The molecule has 222 valence electrons. The molecule has 1 saturated carbocycles. The third-order valence-electron chi connectivity index (χ3n) is 8.84. The number of oxazole rings is 1. The molecule has 10 heteroatoms. The van der Waals surface area contributed by atoms with Crippen LogP contribution in [0.3, 0.4) is 0 Å². The SMILES string of the molecule is Cc1c(OCc2cnco2)ccc2c1CCN(C[C@@H](O)CNC(=O)c1ccnc(CC3CN(C(=O)C4CCC4)C3)c1)C2. The van der Waals surface area contributed by atoms with Crippen LogP contribution in [0, 0.1) is 18.8 Å². The largest absolute Gasteiger partial charge is 0.485 e. The van der Waals surface area contributed by atoms with Crippen molar-refractivity contribution in [2.45, 2.75) is 58.3 Å². The Morgan fingerprint density at radius 1 is 1.24 bits per heavy atom. The van der Waals surface area contributed by atoms with Crippen molar-refractivity contribution >= 4 is 11.8 Å². The molecule has 0 spiro atoms. The van der Waals surface area contributed by atoms with Gasteiger partial charge in [0, 0.05) is 62.6 Å². The van der Waals surface area contributed by atoms with Gasteiger partial charge in [-0.15, -0.1) is 0 Å². The van der Waals surface area contributed by atoms with E-state index in [0.29, 0.717) is 36.3 Å². The summed E-state index contributed by atoms with van der Waals surface area (Å²) in [5.74, 6) is 2.24. The van der Waals surface area contributed by atoms with E-state index in [1.54, 1.807) is 18.5 Å². The number of rotatable bonds is 11. The standard InChI is InChI=1S/C32H39N5O5/c1-21-29-8-10-36(17-25(29)5-6-30(21)41-19-28-14-33-20-42-28)18-27(38)13-35-31(39)24-7-9-34-26(12-24)11-22-15-37(16-22)32(40)23-3-2-4-23/h5-7,9,12,14,20,22-23,27,38H,2-4,8,10-11,13,15-19H2,1H3,(H,35,39)/t27-/m0/s1. The number of hydrogen-bond acceptors (Lipinski definition) is 8. The van der Waals surface area contributed by atoms with Crippen LogP contribution in [0.25, 0.3) is 0 Å². The first kappa shape index (κ1) is 28.4. The quantitative estimate of drug-likeness (QED) is 0.359. The van der Waals surface area contributed by atoms with Gasteiger partial charge in [0.05, 0.1) is 12.3 Å². The minimum absolute atomic E-state index is 0.175. The fraction of sp³-hybridized carbons (Fsp3) is 0.500. The lowest BCUT2D eigenvalue weighted by molar-refractivity contribution is -0.144. The number of nitrogens with one attached hydrogen (secondary N) is 1. The zero-order valence-corrected chi connectivity index (χ0v) is 24.1. The molecule has 0 unspecified atom stereocenters. The predicted octanol–water partition coefficient (Wildman–Crippen LogP) is 2.91. The number of aliphatic hydroxyl groups excluding tert-OH is 1. The van der Waals surface area contributed by atoms with Gasteiger partial charge in [-0.3, -0.25) is 19.5 Å². The lowest BCUT2D eigenvalue weighted by Gasteiger charge is -2.42. The molecule has 2 N–H and O–H groups in total. The van der Waals surface area contributed by atoms with Crippen molar-refractivity contribution in [3.8, 4) is 5.75 Å². The Balaban J connectivity index is 0.941. The molecule has 42 heavy (non-hydrogen) atoms. The van der Waals surface area contributed by atoms with Crippen molar-refractivity contribution in [3.05, 3.63) is 76.8 Å². The molecular weight excluding hydrogens is 534 g/mol. The number of ether oxygens (including phenoxy) is 1. The topological polar surface area (TPSA) is 121 Å². The van der Waals surface area contributed by atoms with Gasteiger partial charge in [-0.05, 0) is 73.4 Å². The normalized spacial score (nSPS) is 18.1. The summed E-state index contributed by atoms with van der Waals surface area (Å²) in [6, 6.07) is 7.60. The van der Waals surface area contributed by atoms with Crippen molar-refractivity contribution in [1.29, 1.82) is 0 Å². The molecule has 0 radical (unpaired) electrons. The third kappa shape index (κ3) is 6.50. The second-order valence-electron chi connectivity index (χ2n) is 11.9. The van der Waals surface area contributed by atoms with E-state index in [2.05, 4.69) is 33.2 Å². The Bertz CT molecular complexity index is 1400. The van der Waals surface area contributed by atoms with E-state index in [9.17, 15) is 14.7 Å². The van der Waals surface area contributed by atoms with Crippen LogP contribution < -0.4 is 10.1 Å². The monoisotopic (exact) mass is 573 g/mol. The molecular formula is C32H39N5O5. The van der Waals surface area contributed by atoms with Crippen LogP contribution in [-0.2, 0) is 30.8 Å². The first-order chi connectivity index (χ1) is 20.4. The van der Waals surface area contributed by atoms with E-state index in [-0.39, 0.29) is 18.4 Å². The van der Waals surface area contributed by atoms with E-state index in [1.807, 2.05) is 17.0 Å². The second kappa shape index (κ2) is 12.6. The van der Waals surface area contributed by atoms with E-state index in [1.165, 1.54) is 23.9 Å². The van der Waals surface area contributed by atoms with Crippen LogP contribution in [0.2, 0.25) is 0 Å². The summed E-state index contributed by atoms with van der Waals surface area (Å²) < 4.78 is 11.2. The maximum absolute atomic E-state index is 12.8. The maximum Gasteiger partial charge on any atom is 0.251 e. The van der Waals surface area contributed by atoms with Crippen molar-refractivity contribution in [2.75, 3.05) is 32.7 Å². The summed E-state index contributed by atoms with van der Waals surface area (Å²) in [6.45, 7) is 6.18. The van der Waals surface area contributed by atoms with E-state index >= 15 is 0 Å². The number of β-amino-alcohol motifs (C(OH)–C–C–N with tert-alkyl or cyclic N) is 1. The summed E-state index contributed by atoms with van der Waals surface area (Å²) in [4.78, 5) is 37.8. The van der Waals surface area contributed by atoms with Crippen LogP contribution in [-0.4, -0.2) is 75.5 Å². The Hall–Kier alpha value is -3.76. The molecule has 4 heterocycles. The highest BCUT2D eigenvalue weighted by atomic mass is 16.5. The van der Waals surface area contributed by atoms with Crippen molar-refractivity contribution in [3.63, 3.8) is 0 Å². The fourth-order valence-corrected chi connectivity index (χ4v) is 6.15. The summed E-state index contributed by atoms with van der Waals surface area (Å²) in [6.07, 6.45) is 8.87. The molecule has 1 aromatic carbocycles. The van der Waals surface area contributed by atoms with Gasteiger partial charge in [0.1, 0.15) is 12.4 Å². The number of carbonyl (C=O) groups excluding carboxylic acids is 2. The van der Waals surface area contributed by atoms with Crippen LogP contribution in [0.5, 0.6) is 5.75 Å². The molecule has 2 aliphatic heterocycles. The summed E-state index contributed by atoms with van der Waals surface area (Å²) in [7, 11) is 0.